The highest BCUT2D eigenvalue weighted by Crippen LogP contribution is 2.41. The number of rotatable bonds is 7. The summed E-state index contributed by atoms with van der Waals surface area (Å²) in [7, 11) is 0. The highest BCUT2D eigenvalue weighted by atomic mass is 19.4. The Hall–Kier alpha value is -2.72. The van der Waals surface area contributed by atoms with Gasteiger partial charge in [0, 0.05) is 6.07 Å². The number of hydrogen-bond donors (Lipinski definition) is 0. The minimum atomic E-state index is -4.86. The van der Waals surface area contributed by atoms with Crippen LogP contribution in [0.15, 0.2) is 16.9 Å². The van der Waals surface area contributed by atoms with Gasteiger partial charge in [0.1, 0.15) is 5.56 Å². The van der Waals surface area contributed by atoms with Crippen LogP contribution in [0.1, 0.15) is 38.2 Å². The van der Waals surface area contributed by atoms with Crippen molar-refractivity contribution in [3.63, 3.8) is 0 Å². The van der Waals surface area contributed by atoms with Crippen LogP contribution < -0.4 is 4.74 Å². The lowest BCUT2D eigenvalue weighted by Gasteiger charge is -2.18. The van der Waals surface area contributed by atoms with Crippen molar-refractivity contribution in [2.45, 2.75) is 44.9 Å². The monoisotopic (exact) mass is 372 g/mol. The van der Waals surface area contributed by atoms with E-state index in [1.165, 1.54) is 0 Å². The molecule has 0 radical (unpaired) electrons. The molecule has 0 N–H and O–H groups in total. The number of nitro groups is 1. The van der Waals surface area contributed by atoms with Crippen LogP contribution in [0, 0.1) is 16.0 Å². The zero-order valence-corrected chi connectivity index (χ0v) is 13.7. The first-order valence-electron chi connectivity index (χ1n) is 7.95. The molecule has 0 aliphatic heterocycles. The van der Waals surface area contributed by atoms with Crippen LogP contribution in [0.5, 0.6) is 5.88 Å². The highest BCUT2D eigenvalue weighted by Gasteiger charge is 2.40. The third-order valence-corrected chi connectivity index (χ3v) is 4.02. The number of alkyl halides is 3. The third-order valence-electron chi connectivity index (χ3n) is 4.02. The molecule has 8 nitrogen and oxygen atoms in total. The molecule has 0 amide bonds. The molecule has 0 bridgehead atoms. The van der Waals surface area contributed by atoms with Crippen molar-refractivity contribution in [3.8, 4) is 17.5 Å². The smallest absolute Gasteiger partial charge is 0.421 e. The number of halogens is 3. The molecule has 1 unspecified atom stereocenters. The van der Waals surface area contributed by atoms with E-state index in [9.17, 15) is 23.3 Å². The van der Waals surface area contributed by atoms with Crippen LogP contribution in [-0.2, 0) is 6.18 Å². The summed E-state index contributed by atoms with van der Waals surface area (Å²) in [6.45, 7) is 1.64. The van der Waals surface area contributed by atoms with E-state index in [-0.39, 0.29) is 5.89 Å². The largest absolute Gasteiger partial charge is 0.474 e. The van der Waals surface area contributed by atoms with Crippen LogP contribution in [0.4, 0.5) is 18.9 Å². The number of ether oxygens (including phenoxy) is 1. The van der Waals surface area contributed by atoms with Gasteiger partial charge in [-0.05, 0) is 25.7 Å². The fraction of sp³-hybridized carbons (Fsp3) is 0.533. The minimum absolute atomic E-state index is 0.360. The molecule has 0 spiro atoms. The molecule has 11 heteroatoms. The van der Waals surface area contributed by atoms with Crippen molar-refractivity contribution in [1.82, 2.24) is 15.2 Å². The summed E-state index contributed by atoms with van der Waals surface area (Å²) in [5.74, 6) is -0.498. The Morgan fingerprint density at radius 2 is 2.19 bits per heavy atom. The molecule has 1 aliphatic carbocycles. The predicted molar refractivity (Wildman–Crippen MR) is 81.2 cm³/mol. The highest BCUT2D eigenvalue weighted by molar-refractivity contribution is 5.64. The van der Waals surface area contributed by atoms with Crippen molar-refractivity contribution in [2.75, 3.05) is 0 Å². The second-order valence-corrected chi connectivity index (χ2v) is 6.16. The van der Waals surface area contributed by atoms with Crippen LogP contribution in [0.3, 0.4) is 0 Å². The van der Waals surface area contributed by atoms with Gasteiger partial charge in [0.15, 0.2) is 0 Å². The van der Waals surface area contributed by atoms with Gasteiger partial charge in [-0.25, -0.2) is 4.98 Å². The molecule has 1 atom stereocenters. The number of pyridine rings is 1. The van der Waals surface area contributed by atoms with Gasteiger partial charge >= 0.3 is 11.9 Å². The van der Waals surface area contributed by atoms with E-state index in [0.717, 1.165) is 25.7 Å². The first-order chi connectivity index (χ1) is 12.3. The summed E-state index contributed by atoms with van der Waals surface area (Å²) in [4.78, 5) is 13.9. The first-order valence-corrected chi connectivity index (χ1v) is 7.95. The fourth-order valence-corrected chi connectivity index (χ4v) is 2.48. The molecule has 2 aromatic heterocycles. The molecule has 1 saturated carbocycles. The molecule has 3 rings (SSSR count). The van der Waals surface area contributed by atoms with Crippen LogP contribution in [0.2, 0.25) is 0 Å². The summed E-state index contributed by atoms with van der Waals surface area (Å²) in [5.41, 5.74) is -2.67. The molecule has 2 aromatic rings. The second-order valence-electron chi connectivity index (χ2n) is 6.16. The van der Waals surface area contributed by atoms with Gasteiger partial charge in [-0.15, -0.1) is 10.2 Å². The Morgan fingerprint density at radius 1 is 1.46 bits per heavy atom. The lowest BCUT2D eigenvalue weighted by atomic mass is 10.1. The maximum atomic E-state index is 13.3. The average molecular weight is 372 g/mol. The number of hydrogen-bond acceptors (Lipinski definition) is 7. The second kappa shape index (κ2) is 6.89. The summed E-state index contributed by atoms with van der Waals surface area (Å²) < 4.78 is 50.3. The van der Waals surface area contributed by atoms with E-state index in [2.05, 4.69) is 15.2 Å². The molecule has 1 fully saturated rings. The normalized spacial score (nSPS) is 15.7. The lowest BCUT2D eigenvalue weighted by Crippen LogP contribution is -2.18. The Bertz CT molecular complexity index is 791. The summed E-state index contributed by atoms with van der Waals surface area (Å²) in [5, 5.41) is 18.0. The molecule has 2 heterocycles. The standard InChI is InChI=1S/C15H15F3N4O4/c1-8(2-3-9-4-5-9)26-13-10(15(16,17)18)6-11(22(23)24)12(20-13)14-21-19-7-25-14/h6-9H,2-5H2,1H3. The Kier molecular flexibility index (Phi) is 4.79. The van der Waals surface area contributed by atoms with Crippen LogP contribution >= 0.6 is 0 Å². The van der Waals surface area contributed by atoms with Gasteiger partial charge in [0.2, 0.25) is 18.0 Å². The third kappa shape index (κ3) is 4.09. The van der Waals surface area contributed by atoms with Gasteiger partial charge in [-0.3, -0.25) is 10.1 Å². The molecule has 0 saturated heterocycles. The van der Waals surface area contributed by atoms with Crippen molar-refractivity contribution < 1.29 is 27.2 Å². The number of aromatic nitrogens is 3. The van der Waals surface area contributed by atoms with Crippen LogP contribution in [0.25, 0.3) is 11.6 Å². The Balaban J connectivity index is 1.99. The van der Waals surface area contributed by atoms with Gasteiger partial charge in [-0.2, -0.15) is 13.2 Å². The van der Waals surface area contributed by atoms with Crippen molar-refractivity contribution >= 4 is 5.69 Å². The SMILES string of the molecule is CC(CCC1CC1)Oc1nc(-c2nnco2)c([N+](=O)[O-])cc1C(F)(F)F. The Labute approximate surface area is 145 Å². The van der Waals surface area contributed by atoms with Gasteiger partial charge in [-0.1, -0.05) is 12.8 Å². The molecular weight excluding hydrogens is 357 g/mol. The summed E-state index contributed by atoms with van der Waals surface area (Å²) >= 11 is 0. The maximum absolute atomic E-state index is 13.3. The predicted octanol–water partition coefficient (Wildman–Crippen LogP) is 4.02. The number of nitrogens with zero attached hydrogens (tertiary/aromatic N) is 4. The summed E-state index contributed by atoms with van der Waals surface area (Å²) in [6, 6.07) is 0.384. The van der Waals surface area contributed by atoms with Crippen molar-refractivity contribution in [2.24, 2.45) is 5.92 Å². The van der Waals surface area contributed by atoms with E-state index < -0.39 is 40.0 Å². The van der Waals surface area contributed by atoms with E-state index in [0.29, 0.717) is 18.4 Å². The van der Waals surface area contributed by atoms with Gasteiger partial charge in [0.25, 0.3) is 5.89 Å². The van der Waals surface area contributed by atoms with Crippen LogP contribution in [-0.4, -0.2) is 26.2 Å². The van der Waals surface area contributed by atoms with Crippen molar-refractivity contribution in [3.05, 3.63) is 28.1 Å². The quantitative estimate of drug-likeness (QED) is 0.534. The minimum Gasteiger partial charge on any atom is -0.474 e. The molecular formula is C15H15F3N4O4. The van der Waals surface area contributed by atoms with E-state index in [1.807, 2.05) is 0 Å². The molecule has 1 aliphatic rings. The zero-order chi connectivity index (χ0) is 18.9. The Morgan fingerprint density at radius 3 is 2.73 bits per heavy atom. The van der Waals surface area contributed by atoms with Gasteiger partial charge < -0.3 is 9.15 Å². The first kappa shape index (κ1) is 18.1. The topological polar surface area (TPSA) is 104 Å². The van der Waals surface area contributed by atoms with Gasteiger partial charge in [0.05, 0.1) is 11.0 Å². The fourth-order valence-electron chi connectivity index (χ4n) is 2.48. The molecule has 140 valence electrons. The zero-order valence-electron chi connectivity index (χ0n) is 13.7. The maximum Gasteiger partial charge on any atom is 0.421 e. The van der Waals surface area contributed by atoms with E-state index in [4.69, 9.17) is 9.15 Å². The lowest BCUT2D eigenvalue weighted by molar-refractivity contribution is -0.384. The average Bonchev–Trinajstić information content (AvgIpc) is 3.23. The molecule has 0 aromatic carbocycles. The van der Waals surface area contributed by atoms with Crippen molar-refractivity contribution in [1.29, 1.82) is 0 Å². The molecule has 26 heavy (non-hydrogen) atoms. The van der Waals surface area contributed by atoms with E-state index in [1.54, 1.807) is 6.92 Å². The summed E-state index contributed by atoms with van der Waals surface area (Å²) in [6.07, 6.45) is -0.827. The van der Waals surface area contributed by atoms with E-state index >= 15 is 0 Å².